The van der Waals surface area contributed by atoms with E-state index in [4.69, 9.17) is 21.8 Å². The lowest BCUT2D eigenvalue weighted by molar-refractivity contribution is -0.385. The second-order valence-electron chi connectivity index (χ2n) is 3.79. The molecule has 8 nitrogen and oxygen atoms in total. The quantitative estimate of drug-likeness (QED) is 0.526. The van der Waals surface area contributed by atoms with Crippen molar-refractivity contribution in [1.29, 1.82) is 0 Å². The van der Waals surface area contributed by atoms with Crippen LogP contribution in [0.4, 0.5) is 5.69 Å². The lowest BCUT2D eigenvalue weighted by Crippen LogP contribution is -2.30. The number of nitrogens with one attached hydrogen (secondary N) is 1. The lowest BCUT2D eigenvalue weighted by atomic mass is 10.1. The molecule has 0 saturated carbocycles. The van der Waals surface area contributed by atoms with E-state index in [0.29, 0.717) is 0 Å². The third-order valence-electron chi connectivity index (χ3n) is 2.40. The molecule has 1 amide bonds. The van der Waals surface area contributed by atoms with Crippen molar-refractivity contribution in [3.05, 3.63) is 38.9 Å². The van der Waals surface area contributed by atoms with Crippen molar-refractivity contribution in [3.63, 3.8) is 0 Å². The Labute approximate surface area is 118 Å². The molecule has 0 unspecified atom stereocenters. The van der Waals surface area contributed by atoms with Gasteiger partial charge < -0.3 is 15.5 Å². The van der Waals surface area contributed by atoms with Gasteiger partial charge in [0, 0.05) is 19.0 Å². The van der Waals surface area contributed by atoms with Crippen LogP contribution in [-0.2, 0) is 4.79 Å². The van der Waals surface area contributed by atoms with E-state index in [1.807, 2.05) is 0 Å². The number of hydrogen-bond donors (Lipinski definition) is 3. The monoisotopic (exact) mass is 302 g/mol. The van der Waals surface area contributed by atoms with Crippen molar-refractivity contribution in [2.24, 2.45) is 0 Å². The minimum Gasteiger partial charge on any atom is -0.479 e. The van der Waals surface area contributed by atoms with E-state index in [1.54, 1.807) is 0 Å². The Hall–Kier alpha value is -2.19. The zero-order valence-corrected chi connectivity index (χ0v) is 10.8. The van der Waals surface area contributed by atoms with Gasteiger partial charge in [0.15, 0.2) is 6.10 Å². The largest absolute Gasteiger partial charge is 0.479 e. The minimum atomic E-state index is -1.61. The number of carboxylic acids is 1. The molecule has 1 aromatic carbocycles. The summed E-state index contributed by atoms with van der Waals surface area (Å²) in [5.41, 5.74) is -0.752. The first kappa shape index (κ1) is 15.9. The second-order valence-corrected chi connectivity index (χ2v) is 4.20. The van der Waals surface area contributed by atoms with Crippen molar-refractivity contribution in [3.8, 4) is 0 Å². The highest BCUT2D eigenvalue weighted by atomic mass is 35.5. The molecule has 108 valence electrons. The van der Waals surface area contributed by atoms with Gasteiger partial charge in [-0.15, -0.1) is 0 Å². The molecule has 1 atom stereocenters. The van der Waals surface area contributed by atoms with Gasteiger partial charge >= 0.3 is 5.97 Å². The predicted octanol–water partition coefficient (Wildman–Crippen LogP) is 0.814. The van der Waals surface area contributed by atoms with Crippen LogP contribution in [0.3, 0.4) is 0 Å². The summed E-state index contributed by atoms with van der Waals surface area (Å²) in [5, 5.41) is 30.5. The number of nitro benzene ring substituents is 1. The number of aliphatic hydroxyl groups is 1. The van der Waals surface area contributed by atoms with E-state index in [0.717, 1.165) is 6.07 Å². The third-order valence-corrected chi connectivity index (χ3v) is 2.72. The molecule has 9 heteroatoms. The number of aliphatic hydroxyl groups excluding tert-OH is 1. The Morgan fingerprint density at radius 3 is 2.65 bits per heavy atom. The van der Waals surface area contributed by atoms with E-state index in [-0.39, 0.29) is 23.6 Å². The first-order chi connectivity index (χ1) is 9.34. The van der Waals surface area contributed by atoms with Gasteiger partial charge in [0.2, 0.25) is 0 Å². The topological polar surface area (TPSA) is 130 Å². The summed E-state index contributed by atoms with van der Waals surface area (Å²) in [4.78, 5) is 32.2. The first-order valence-corrected chi connectivity index (χ1v) is 5.84. The highest BCUT2D eigenvalue weighted by Crippen LogP contribution is 2.25. The molecule has 0 aliphatic rings. The molecule has 0 aliphatic heterocycles. The number of nitrogens with zero attached hydrogens (tertiary/aromatic N) is 1. The fourth-order valence-electron chi connectivity index (χ4n) is 1.42. The maximum absolute atomic E-state index is 11.8. The molecule has 0 heterocycles. The summed E-state index contributed by atoms with van der Waals surface area (Å²) >= 11 is 5.75. The maximum Gasteiger partial charge on any atom is 0.332 e. The number of aliphatic carboxylic acids is 1. The third kappa shape index (κ3) is 3.90. The van der Waals surface area contributed by atoms with Crippen molar-refractivity contribution >= 4 is 29.2 Å². The van der Waals surface area contributed by atoms with E-state index in [2.05, 4.69) is 5.32 Å². The number of benzene rings is 1. The van der Waals surface area contributed by atoms with Gasteiger partial charge in [0.25, 0.3) is 11.6 Å². The molecule has 0 aromatic heterocycles. The van der Waals surface area contributed by atoms with Gasteiger partial charge in [-0.1, -0.05) is 17.7 Å². The summed E-state index contributed by atoms with van der Waals surface area (Å²) in [5.74, 6) is -2.22. The zero-order chi connectivity index (χ0) is 15.3. The number of hydrogen-bond acceptors (Lipinski definition) is 5. The molecule has 3 N–H and O–H groups in total. The van der Waals surface area contributed by atoms with Crippen molar-refractivity contribution in [1.82, 2.24) is 5.32 Å². The van der Waals surface area contributed by atoms with Gasteiger partial charge in [0.1, 0.15) is 5.56 Å². The Balaban J connectivity index is 2.78. The van der Waals surface area contributed by atoms with Gasteiger partial charge in [-0.3, -0.25) is 14.9 Å². The van der Waals surface area contributed by atoms with Crippen LogP contribution in [0.15, 0.2) is 18.2 Å². The van der Waals surface area contributed by atoms with E-state index < -0.39 is 28.6 Å². The predicted molar refractivity (Wildman–Crippen MR) is 68.7 cm³/mol. The molecule has 0 bridgehead atoms. The number of halogens is 1. The number of nitro groups is 1. The Bertz CT molecular complexity index is 548. The summed E-state index contributed by atoms with van der Waals surface area (Å²) in [6.07, 6.45) is -1.84. The molecule has 1 aromatic rings. The molecule has 0 aliphatic carbocycles. The van der Waals surface area contributed by atoms with Crippen LogP contribution in [0, 0.1) is 10.1 Å². The van der Waals surface area contributed by atoms with Crippen molar-refractivity contribution < 1.29 is 24.7 Å². The van der Waals surface area contributed by atoms with Crippen molar-refractivity contribution in [2.45, 2.75) is 12.5 Å². The minimum absolute atomic E-state index is 0.0875. The van der Waals surface area contributed by atoms with Crippen LogP contribution in [0.1, 0.15) is 16.8 Å². The van der Waals surface area contributed by atoms with Crippen molar-refractivity contribution in [2.75, 3.05) is 6.54 Å². The Morgan fingerprint density at radius 2 is 2.10 bits per heavy atom. The Kier molecular flexibility index (Phi) is 5.42. The van der Waals surface area contributed by atoms with Crippen LogP contribution < -0.4 is 5.32 Å². The molecular weight excluding hydrogens is 292 g/mol. The summed E-state index contributed by atoms with van der Waals surface area (Å²) in [6, 6.07) is 3.80. The fourth-order valence-corrected chi connectivity index (χ4v) is 1.68. The van der Waals surface area contributed by atoms with Crippen LogP contribution in [-0.4, -0.2) is 39.7 Å². The fraction of sp³-hybridized carbons (Fsp3) is 0.273. The molecule has 1 rings (SSSR count). The molecule has 0 radical (unpaired) electrons. The van der Waals surface area contributed by atoms with Crippen LogP contribution in [0.25, 0.3) is 0 Å². The Morgan fingerprint density at radius 1 is 1.45 bits per heavy atom. The summed E-state index contributed by atoms with van der Waals surface area (Å²) in [7, 11) is 0. The standard InChI is InChI=1S/C11H11ClN2O6/c12-6-2-1-3-7(14(19)20)9(6)10(16)13-5-4-8(15)11(17)18/h1-3,8,15H,4-5H2,(H,13,16)(H,17,18)/t8-/m0/s1. The second kappa shape index (κ2) is 6.83. The van der Waals surface area contributed by atoms with Crippen LogP contribution >= 0.6 is 11.6 Å². The summed E-state index contributed by atoms with van der Waals surface area (Å²) < 4.78 is 0. The van der Waals surface area contributed by atoms with Gasteiger partial charge in [-0.2, -0.15) is 0 Å². The van der Waals surface area contributed by atoms with Gasteiger partial charge in [-0.25, -0.2) is 4.79 Å². The maximum atomic E-state index is 11.8. The number of rotatable bonds is 6. The number of carbonyl (C=O) groups is 2. The SMILES string of the molecule is O=C(NCC[C@H](O)C(=O)O)c1c(Cl)cccc1[N+](=O)[O-]. The van der Waals surface area contributed by atoms with Crippen LogP contribution in [0.2, 0.25) is 5.02 Å². The van der Waals surface area contributed by atoms with E-state index >= 15 is 0 Å². The first-order valence-electron chi connectivity index (χ1n) is 5.46. The normalized spacial score (nSPS) is 11.7. The van der Waals surface area contributed by atoms with E-state index in [1.165, 1.54) is 12.1 Å². The molecule has 0 fully saturated rings. The highest BCUT2D eigenvalue weighted by molar-refractivity contribution is 6.34. The zero-order valence-electron chi connectivity index (χ0n) is 10.1. The molecular formula is C11H11ClN2O6. The van der Waals surface area contributed by atoms with Gasteiger partial charge in [0.05, 0.1) is 9.95 Å². The van der Waals surface area contributed by atoms with E-state index in [9.17, 15) is 19.7 Å². The average molecular weight is 303 g/mol. The highest BCUT2D eigenvalue weighted by Gasteiger charge is 2.23. The average Bonchev–Trinajstić information content (AvgIpc) is 2.37. The molecule has 0 saturated heterocycles. The smallest absolute Gasteiger partial charge is 0.332 e. The number of carbonyl (C=O) groups excluding carboxylic acids is 1. The lowest BCUT2D eigenvalue weighted by Gasteiger charge is -2.08. The molecule has 20 heavy (non-hydrogen) atoms. The van der Waals surface area contributed by atoms with Crippen LogP contribution in [0.5, 0.6) is 0 Å². The number of carboxylic acid groups (broad SMARTS) is 1. The van der Waals surface area contributed by atoms with Gasteiger partial charge in [-0.05, 0) is 6.07 Å². The molecule has 0 spiro atoms. The number of amides is 1. The summed E-state index contributed by atoms with van der Waals surface area (Å²) in [6.45, 7) is -0.158.